The van der Waals surface area contributed by atoms with E-state index in [0.29, 0.717) is 5.92 Å². The molecule has 1 aliphatic rings. The van der Waals surface area contributed by atoms with Crippen LogP contribution in [0.15, 0.2) is 18.2 Å². The van der Waals surface area contributed by atoms with Gasteiger partial charge in [-0.3, -0.25) is 4.79 Å². The maximum atomic E-state index is 12.6. The first-order valence-electron chi connectivity index (χ1n) is 8.25. The SMILES string of the molecule is Cc1ncsc1CN(C)C[C@H]1CCN(C(=O)[C@@H](C)n2cncn2)C1. The van der Waals surface area contributed by atoms with E-state index in [0.717, 1.165) is 38.3 Å². The lowest BCUT2D eigenvalue weighted by molar-refractivity contribution is -0.133. The van der Waals surface area contributed by atoms with Crippen LogP contribution in [0.1, 0.15) is 30.0 Å². The van der Waals surface area contributed by atoms with Crippen LogP contribution < -0.4 is 0 Å². The lowest BCUT2D eigenvalue weighted by atomic mass is 10.1. The minimum absolute atomic E-state index is 0.129. The minimum Gasteiger partial charge on any atom is -0.341 e. The highest BCUT2D eigenvalue weighted by Gasteiger charge is 2.30. The van der Waals surface area contributed by atoms with Gasteiger partial charge >= 0.3 is 0 Å². The third-order valence-corrected chi connectivity index (χ3v) is 5.54. The van der Waals surface area contributed by atoms with Gasteiger partial charge in [-0.2, -0.15) is 5.10 Å². The molecule has 8 heteroatoms. The van der Waals surface area contributed by atoms with Crippen molar-refractivity contribution in [2.24, 2.45) is 5.92 Å². The van der Waals surface area contributed by atoms with Gasteiger partial charge in [0.05, 0.1) is 11.2 Å². The maximum absolute atomic E-state index is 12.6. The molecule has 130 valence electrons. The average molecular weight is 348 g/mol. The van der Waals surface area contributed by atoms with Gasteiger partial charge in [-0.05, 0) is 33.2 Å². The molecule has 24 heavy (non-hydrogen) atoms. The molecule has 7 nitrogen and oxygen atoms in total. The summed E-state index contributed by atoms with van der Waals surface area (Å²) in [5, 5.41) is 4.07. The number of carbonyl (C=O) groups excluding carboxylic acids is 1. The number of carbonyl (C=O) groups is 1. The molecule has 2 aromatic heterocycles. The molecule has 0 radical (unpaired) electrons. The fourth-order valence-electron chi connectivity index (χ4n) is 3.21. The van der Waals surface area contributed by atoms with Crippen LogP contribution in [0.3, 0.4) is 0 Å². The van der Waals surface area contributed by atoms with Gasteiger partial charge < -0.3 is 9.80 Å². The van der Waals surface area contributed by atoms with E-state index in [4.69, 9.17) is 0 Å². The molecule has 0 aromatic carbocycles. The van der Waals surface area contributed by atoms with Crippen molar-refractivity contribution < 1.29 is 4.79 Å². The van der Waals surface area contributed by atoms with Crippen LogP contribution in [0.5, 0.6) is 0 Å². The molecule has 2 atom stereocenters. The molecule has 3 heterocycles. The summed E-state index contributed by atoms with van der Waals surface area (Å²) in [7, 11) is 2.14. The Morgan fingerprint density at radius 1 is 1.54 bits per heavy atom. The summed E-state index contributed by atoms with van der Waals surface area (Å²) < 4.78 is 1.62. The minimum atomic E-state index is -0.288. The first-order valence-corrected chi connectivity index (χ1v) is 9.13. The molecular weight excluding hydrogens is 324 g/mol. The quantitative estimate of drug-likeness (QED) is 0.793. The zero-order chi connectivity index (χ0) is 17.1. The van der Waals surface area contributed by atoms with Gasteiger partial charge in [0.2, 0.25) is 5.91 Å². The molecule has 1 aliphatic heterocycles. The van der Waals surface area contributed by atoms with Crippen LogP contribution in [0.25, 0.3) is 0 Å². The Morgan fingerprint density at radius 2 is 2.38 bits per heavy atom. The molecule has 1 fully saturated rings. The van der Waals surface area contributed by atoms with Gasteiger partial charge in [0.15, 0.2) is 0 Å². The van der Waals surface area contributed by atoms with Crippen LogP contribution in [-0.4, -0.2) is 62.1 Å². The summed E-state index contributed by atoms with van der Waals surface area (Å²) in [5.74, 6) is 0.652. The molecule has 0 unspecified atom stereocenters. The fourth-order valence-corrected chi connectivity index (χ4v) is 4.06. The number of hydrogen-bond acceptors (Lipinski definition) is 6. The second-order valence-electron chi connectivity index (χ2n) is 6.55. The van der Waals surface area contributed by atoms with E-state index < -0.39 is 0 Å². The fraction of sp³-hybridized carbons (Fsp3) is 0.625. The largest absolute Gasteiger partial charge is 0.341 e. The van der Waals surface area contributed by atoms with Crippen LogP contribution >= 0.6 is 11.3 Å². The monoisotopic (exact) mass is 348 g/mol. The number of aryl methyl sites for hydroxylation is 1. The second kappa shape index (κ2) is 7.40. The van der Waals surface area contributed by atoms with E-state index in [1.165, 1.54) is 11.2 Å². The zero-order valence-electron chi connectivity index (χ0n) is 14.4. The first-order chi connectivity index (χ1) is 11.5. The number of aromatic nitrogens is 4. The number of likely N-dealkylation sites (tertiary alicyclic amines) is 1. The van der Waals surface area contributed by atoms with E-state index >= 15 is 0 Å². The molecule has 0 bridgehead atoms. The summed E-state index contributed by atoms with van der Waals surface area (Å²) in [4.78, 5) is 26.4. The number of thiazole rings is 1. The van der Waals surface area contributed by atoms with Crippen LogP contribution in [0.4, 0.5) is 0 Å². The summed E-state index contributed by atoms with van der Waals surface area (Å²) >= 11 is 1.71. The highest BCUT2D eigenvalue weighted by molar-refractivity contribution is 7.09. The van der Waals surface area contributed by atoms with Crippen molar-refractivity contribution in [3.8, 4) is 0 Å². The van der Waals surface area contributed by atoms with Crippen molar-refractivity contribution >= 4 is 17.2 Å². The predicted octanol–water partition coefficient (Wildman–Crippen LogP) is 1.58. The lowest BCUT2D eigenvalue weighted by Gasteiger charge is -2.23. The topological polar surface area (TPSA) is 67.2 Å². The predicted molar refractivity (Wildman–Crippen MR) is 92.6 cm³/mol. The van der Waals surface area contributed by atoms with E-state index in [2.05, 4.69) is 33.9 Å². The number of rotatable bonds is 6. The number of amides is 1. The molecule has 3 rings (SSSR count). The standard InChI is InChI=1S/C16H24N6OS/c1-12-15(24-11-18-12)8-20(3)6-14-4-5-21(7-14)16(23)13(2)22-10-17-9-19-22/h9-11,13-14H,4-8H2,1-3H3/t13-,14-/m1/s1. The Morgan fingerprint density at radius 3 is 3.04 bits per heavy atom. The Kier molecular flexibility index (Phi) is 5.25. The van der Waals surface area contributed by atoms with Crippen LogP contribution in [0.2, 0.25) is 0 Å². The van der Waals surface area contributed by atoms with Gasteiger partial charge in [0.25, 0.3) is 0 Å². The van der Waals surface area contributed by atoms with Crippen molar-refractivity contribution in [3.63, 3.8) is 0 Å². The van der Waals surface area contributed by atoms with E-state index in [1.807, 2.05) is 17.3 Å². The summed E-state index contributed by atoms with van der Waals surface area (Å²) in [6.45, 7) is 7.51. The lowest BCUT2D eigenvalue weighted by Crippen LogP contribution is -2.36. The molecule has 1 amide bonds. The summed E-state index contributed by atoms with van der Waals surface area (Å²) in [5.41, 5.74) is 3.02. The normalized spacial score (nSPS) is 19.2. The maximum Gasteiger partial charge on any atom is 0.247 e. The summed E-state index contributed by atoms with van der Waals surface area (Å²) in [6.07, 6.45) is 4.12. The molecule has 0 saturated carbocycles. The van der Waals surface area contributed by atoms with Crippen molar-refractivity contribution in [2.45, 2.75) is 32.9 Å². The van der Waals surface area contributed by atoms with Gasteiger partial charge in [0.1, 0.15) is 18.7 Å². The van der Waals surface area contributed by atoms with Gasteiger partial charge in [0, 0.05) is 31.1 Å². The molecule has 1 saturated heterocycles. The molecule has 0 aliphatic carbocycles. The Hall–Kier alpha value is -1.80. The van der Waals surface area contributed by atoms with Crippen molar-refractivity contribution in [1.82, 2.24) is 29.5 Å². The highest BCUT2D eigenvalue weighted by Crippen LogP contribution is 2.22. The van der Waals surface area contributed by atoms with Crippen molar-refractivity contribution in [1.29, 1.82) is 0 Å². The van der Waals surface area contributed by atoms with E-state index in [-0.39, 0.29) is 11.9 Å². The smallest absolute Gasteiger partial charge is 0.247 e. The summed E-state index contributed by atoms with van der Waals surface area (Å²) in [6, 6.07) is -0.288. The first kappa shape index (κ1) is 17.0. The number of nitrogens with zero attached hydrogens (tertiary/aromatic N) is 6. The third-order valence-electron chi connectivity index (χ3n) is 4.62. The van der Waals surface area contributed by atoms with E-state index in [1.54, 1.807) is 22.3 Å². The Labute approximate surface area is 146 Å². The molecule has 2 aromatic rings. The zero-order valence-corrected chi connectivity index (χ0v) is 15.2. The van der Waals surface area contributed by atoms with Gasteiger partial charge in [-0.25, -0.2) is 14.6 Å². The van der Waals surface area contributed by atoms with Gasteiger partial charge in [-0.1, -0.05) is 0 Å². The average Bonchev–Trinajstić information content (AvgIpc) is 3.29. The van der Waals surface area contributed by atoms with Crippen molar-refractivity contribution in [3.05, 3.63) is 28.7 Å². The van der Waals surface area contributed by atoms with Crippen LogP contribution in [0, 0.1) is 12.8 Å². The highest BCUT2D eigenvalue weighted by atomic mass is 32.1. The number of hydrogen-bond donors (Lipinski definition) is 0. The Bertz CT molecular complexity index is 670. The van der Waals surface area contributed by atoms with Crippen LogP contribution in [-0.2, 0) is 11.3 Å². The molecule has 0 N–H and O–H groups in total. The van der Waals surface area contributed by atoms with Gasteiger partial charge in [-0.15, -0.1) is 11.3 Å². The van der Waals surface area contributed by atoms with Crippen molar-refractivity contribution in [2.75, 3.05) is 26.7 Å². The Balaban J connectivity index is 1.50. The molecular formula is C16H24N6OS. The van der Waals surface area contributed by atoms with E-state index in [9.17, 15) is 4.79 Å². The second-order valence-corrected chi connectivity index (χ2v) is 7.49. The molecule has 0 spiro atoms. The third kappa shape index (κ3) is 3.81.